The van der Waals surface area contributed by atoms with Gasteiger partial charge in [-0.3, -0.25) is 0 Å². The lowest BCUT2D eigenvalue weighted by Crippen LogP contribution is -1.99. The maximum Gasteiger partial charge on any atom is 0.0431 e. The van der Waals surface area contributed by atoms with Gasteiger partial charge in [0.25, 0.3) is 0 Å². The van der Waals surface area contributed by atoms with E-state index in [9.17, 15) is 0 Å². The Balaban J connectivity index is 2.89. The molecular weight excluding hydrogens is 176 g/mol. The molecule has 0 aliphatic carbocycles. The maximum atomic E-state index is 8.49. The van der Waals surface area contributed by atoms with Gasteiger partial charge in [0.15, 0.2) is 0 Å². The van der Waals surface area contributed by atoms with E-state index in [1.165, 1.54) is 12.8 Å². The summed E-state index contributed by atoms with van der Waals surface area (Å²) >= 11 is 8.47. The maximum absolute atomic E-state index is 8.49. The van der Waals surface area contributed by atoms with Gasteiger partial charge in [0.05, 0.1) is 0 Å². The highest BCUT2D eigenvalue weighted by atomic mass is 32.1. The Hall–Kier alpha value is 0.660. The Kier molecular flexibility index (Phi) is 9.28. The number of aliphatic hydroxyl groups excluding tert-OH is 1. The standard InChI is InChI=1S/C8H18OS2/c9-6-4-2-1-3-5-8(11)7-10/h8-11H,1-7H2. The summed E-state index contributed by atoms with van der Waals surface area (Å²) in [5.74, 6) is 0.864. The SMILES string of the molecule is OCCCCCCC(S)CS. The zero-order chi connectivity index (χ0) is 8.53. The molecule has 68 valence electrons. The number of thiol groups is 2. The fraction of sp³-hybridized carbons (Fsp3) is 1.00. The van der Waals surface area contributed by atoms with Crippen molar-refractivity contribution in [3.63, 3.8) is 0 Å². The zero-order valence-electron chi connectivity index (χ0n) is 6.87. The number of rotatable bonds is 7. The van der Waals surface area contributed by atoms with Gasteiger partial charge in [0.2, 0.25) is 0 Å². The Morgan fingerprint density at radius 1 is 1.09 bits per heavy atom. The van der Waals surface area contributed by atoms with E-state index in [-0.39, 0.29) is 0 Å². The van der Waals surface area contributed by atoms with Crippen LogP contribution in [0.4, 0.5) is 0 Å². The second-order valence-electron chi connectivity index (χ2n) is 2.76. The Labute approximate surface area is 80.4 Å². The molecule has 11 heavy (non-hydrogen) atoms. The Morgan fingerprint density at radius 2 is 1.73 bits per heavy atom. The van der Waals surface area contributed by atoms with Crippen molar-refractivity contribution in [1.82, 2.24) is 0 Å². The van der Waals surface area contributed by atoms with E-state index < -0.39 is 0 Å². The summed E-state index contributed by atoms with van der Waals surface area (Å²) < 4.78 is 0. The lowest BCUT2D eigenvalue weighted by Gasteiger charge is -2.05. The van der Waals surface area contributed by atoms with Gasteiger partial charge in [-0.15, -0.1) is 0 Å². The van der Waals surface area contributed by atoms with E-state index in [1.54, 1.807) is 0 Å². The predicted octanol–water partition coefficient (Wildman–Crippen LogP) is 2.16. The average molecular weight is 194 g/mol. The minimum Gasteiger partial charge on any atom is -0.396 e. The first-order valence-electron chi connectivity index (χ1n) is 4.21. The lowest BCUT2D eigenvalue weighted by molar-refractivity contribution is 0.282. The summed E-state index contributed by atoms with van der Waals surface area (Å²) in [7, 11) is 0. The largest absolute Gasteiger partial charge is 0.396 e. The van der Waals surface area contributed by atoms with Gasteiger partial charge in [-0.1, -0.05) is 19.3 Å². The third kappa shape index (κ3) is 8.57. The van der Waals surface area contributed by atoms with Crippen LogP contribution in [0, 0.1) is 0 Å². The molecule has 0 fully saturated rings. The normalized spacial score (nSPS) is 13.4. The van der Waals surface area contributed by atoms with E-state index in [2.05, 4.69) is 25.3 Å². The molecule has 0 rings (SSSR count). The van der Waals surface area contributed by atoms with Crippen LogP contribution in [0.15, 0.2) is 0 Å². The first-order chi connectivity index (χ1) is 5.31. The second kappa shape index (κ2) is 8.75. The molecule has 0 bridgehead atoms. The van der Waals surface area contributed by atoms with Crippen LogP contribution in [0.5, 0.6) is 0 Å². The number of aliphatic hydroxyl groups is 1. The minimum absolute atomic E-state index is 0.330. The van der Waals surface area contributed by atoms with Crippen molar-refractivity contribution in [1.29, 1.82) is 0 Å². The monoisotopic (exact) mass is 194 g/mol. The highest BCUT2D eigenvalue weighted by Crippen LogP contribution is 2.10. The molecule has 0 saturated carbocycles. The van der Waals surface area contributed by atoms with Crippen molar-refractivity contribution in [2.45, 2.75) is 37.4 Å². The summed E-state index contributed by atoms with van der Waals surface area (Å²) in [6.07, 6.45) is 5.67. The average Bonchev–Trinajstić information content (AvgIpc) is 2.04. The topological polar surface area (TPSA) is 20.2 Å². The van der Waals surface area contributed by atoms with Crippen molar-refractivity contribution in [3.05, 3.63) is 0 Å². The van der Waals surface area contributed by atoms with Crippen LogP contribution in [0.3, 0.4) is 0 Å². The van der Waals surface area contributed by atoms with Crippen molar-refractivity contribution in [2.75, 3.05) is 12.4 Å². The van der Waals surface area contributed by atoms with E-state index in [4.69, 9.17) is 5.11 Å². The van der Waals surface area contributed by atoms with Crippen molar-refractivity contribution in [3.8, 4) is 0 Å². The molecule has 1 unspecified atom stereocenters. The molecule has 1 nitrogen and oxygen atoms in total. The lowest BCUT2D eigenvalue weighted by atomic mass is 10.1. The summed E-state index contributed by atoms with van der Waals surface area (Å²) in [4.78, 5) is 0. The zero-order valence-corrected chi connectivity index (χ0v) is 8.66. The third-order valence-corrected chi connectivity index (χ3v) is 2.83. The summed E-state index contributed by atoms with van der Waals surface area (Å²) in [6.45, 7) is 0.330. The molecule has 0 aliphatic heterocycles. The number of unbranched alkanes of at least 4 members (excludes halogenated alkanes) is 3. The van der Waals surface area contributed by atoms with E-state index in [0.717, 1.165) is 25.0 Å². The van der Waals surface area contributed by atoms with Gasteiger partial charge in [-0.2, -0.15) is 25.3 Å². The molecule has 3 heteroatoms. The third-order valence-electron chi connectivity index (χ3n) is 1.66. The number of hydrogen-bond acceptors (Lipinski definition) is 3. The van der Waals surface area contributed by atoms with Crippen molar-refractivity contribution < 1.29 is 5.11 Å². The molecule has 0 aliphatic rings. The fourth-order valence-electron chi connectivity index (χ4n) is 0.937. The first-order valence-corrected chi connectivity index (χ1v) is 5.36. The molecule has 0 radical (unpaired) electrons. The summed E-state index contributed by atoms with van der Waals surface area (Å²) in [6, 6.07) is 0. The van der Waals surface area contributed by atoms with E-state index >= 15 is 0 Å². The number of hydrogen-bond donors (Lipinski definition) is 3. The minimum atomic E-state index is 0.330. The fourth-order valence-corrected chi connectivity index (χ4v) is 1.30. The molecule has 0 aromatic heterocycles. The highest BCUT2D eigenvalue weighted by Gasteiger charge is 1.98. The Morgan fingerprint density at radius 3 is 2.27 bits per heavy atom. The highest BCUT2D eigenvalue weighted by molar-refractivity contribution is 7.84. The van der Waals surface area contributed by atoms with E-state index in [1.807, 2.05) is 0 Å². The molecule has 0 saturated heterocycles. The van der Waals surface area contributed by atoms with Gasteiger partial charge < -0.3 is 5.11 Å². The molecule has 1 N–H and O–H groups in total. The second-order valence-corrected chi connectivity index (χ2v) is 3.86. The van der Waals surface area contributed by atoms with Crippen LogP contribution in [0.25, 0.3) is 0 Å². The quantitative estimate of drug-likeness (QED) is 0.419. The summed E-state index contributed by atoms with van der Waals surface area (Å²) in [5.41, 5.74) is 0. The van der Waals surface area contributed by atoms with Gasteiger partial charge in [0, 0.05) is 17.6 Å². The van der Waals surface area contributed by atoms with Crippen LogP contribution in [-0.2, 0) is 0 Å². The molecular formula is C8H18OS2. The van der Waals surface area contributed by atoms with Crippen LogP contribution >= 0.6 is 25.3 Å². The van der Waals surface area contributed by atoms with Gasteiger partial charge >= 0.3 is 0 Å². The smallest absolute Gasteiger partial charge is 0.0431 e. The van der Waals surface area contributed by atoms with Crippen molar-refractivity contribution >= 4 is 25.3 Å². The van der Waals surface area contributed by atoms with E-state index in [0.29, 0.717) is 11.9 Å². The Bertz CT molecular complexity index is 78.5. The molecule has 0 aromatic carbocycles. The molecule has 0 spiro atoms. The predicted molar refractivity (Wildman–Crippen MR) is 56.8 cm³/mol. The van der Waals surface area contributed by atoms with Crippen LogP contribution in [-0.4, -0.2) is 22.7 Å². The summed E-state index contributed by atoms with van der Waals surface area (Å²) in [5, 5.41) is 8.94. The van der Waals surface area contributed by atoms with Crippen LogP contribution in [0.1, 0.15) is 32.1 Å². The molecule has 0 aromatic rings. The van der Waals surface area contributed by atoms with Crippen LogP contribution < -0.4 is 0 Å². The molecule has 1 atom stereocenters. The van der Waals surface area contributed by atoms with Gasteiger partial charge in [-0.05, 0) is 12.8 Å². The van der Waals surface area contributed by atoms with Gasteiger partial charge in [-0.25, -0.2) is 0 Å². The molecule has 0 heterocycles. The van der Waals surface area contributed by atoms with Crippen molar-refractivity contribution in [2.24, 2.45) is 0 Å². The first kappa shape index (κ1) is 11.7. The molecule has 0 amide bonds. The van der Waals surface area contributed by atoms with Gasteiger partial charge in [0.1, 0.15) is 0 Å². The van der Waals surface area contributed by atoms with Crippen LogP contribution in [0.2, 0.25) is 0 Å².